The van der Waals surface area contributed by atoms with Gasteiger partial charge in [-0.15, -0.1) is 22.7 Å². The molecule has 102 valence electrons. The van der Waals surface area contributed by atoms with Crippen molar-refractivity contribution in [1.82, 2.24) is 10.3 Å². The molecule has 0 fully saturated rings. The predicted molar refractivity (Wildman–Crippen MR) is 87.2 cm³/mol. The summed E-state index contributed by atoms with van der Waals surface area (Å²) in [6.07, 6.45) is 1.75. The maximum absolute atomic E-state index is 12.2. The lowest BCUT2D eigenvalue weighted by Crippen LogP contribution is -2.22. The highest BCUT2D eigenvalue weighted by atomic mass is 79.9. The number of benzene rings is 1. The van der Waals surface area contributed by atoms with E-state index in [0.717, 1.165) is 19.4 Å². The van der Waals surface area contributed by atoms with Gasteiger partial charge in [-0.1, -0.05) is 22.0 Å². The van der Waals surface area contributed by atoms with E-state index < -0.39 is 0 Å². The number of thiazole rings is 1. The summed E-state index contributed by atoms with van der Waals surface area (Å²) in [5.41, 5.74) is 8.37. The maximum atomic E-state index is 12.2. The van der Waals surface area contributed by atoms with Crippen LogP contribution in [0.1, 0.15) is 14.5 Å². The van der Waals surface area contributed by atoms with E-state index in [9.17, 15) is 4.79 Å². The lowest BCUT2D eigenvalue weighted by Gasteiger charge is -2.02. The first kappa shape index (κ1) is 13.5. The van der Waals surface area contributed by atoms with Gasteiger partial charge in [0.2, 0.25) is 0 Å². The number of anilines is 1. The molecule has 3 rings (SSSR count). The normalized spacial score (nSPS) is 10.8. The van der Waals surface area contributed by atoms with Crippen LogP contribution in [0.2, 0.25) is 0 Å². The van der Waals surface area contributed by atoms with Crippen LogP contribution in [0.5, 0.6) is 0 Å². The number of hydrogen-bond acceptors (Lipinski definition) is 5. The Hall–Kier alpha value is -1.44. The first-order valence-electron chi connectivity index (χ1n) is 5.79. The van der Waals surface area contributed by atoms with Crippen molar-refractivity contribution in [3.8, 4) is 0 Å². The predicted octanol–water partition coefficient (Wildman–Crippen LogP) is 3.63. The van der Waals surface area contributed by atoms with Gasteiger partial charge in [0, 0.05) is 25.6 Å². The molecule has 0 aliphatic rings. The number of nitrogens with two attached hydrogens (primary N) is 1. The van der Waals surface area contributed by atoms with Crippen LogP contribution in [0, 0.1) is 0 Å². The minimum absolute atomic E-state index is 0.149. The molecule has 0 unspecified atom stereocenters. The summed E-state index contributed by atoms with van der Waals surface area (Å²) in [6, 6.07) is 5.81. The third-order valence-corrected chi connectivity index (χ3v) is 5.42. The van der Waals surface area contributed by atoms with Crippen molar-refractivity contribution in [1.29, 1.82) is 0 Å². The molecule has 0 saturated heterocycles. The van der Waals surface area contributed by atoms with Crippen molar-refractivity contribution in [2.45, 2.75) is 6.54 Å². The van der Waals surface area contributed by atoms with Crippen molar-refractivity contribution in [2.75, 3.05) is 5.73 Å². The largest absolute Gasteiger partial charge is 0.397 e. The van der Waals surface area contributed by atoms with Gasteiger partial charge >= 0.3 is 0 Å². The third-order valence-electron chi connectivity index (χ3n) is 2.81. The molecule has 0 atom stereocenters. The van der Waals surface area contributed by atoms with Gasteiger partial charge in [-0.25, -0.2) is 0 Å². The van der Waals surface area contributed by atoms with E-state index in [0.29, 0.717) is 17.1 Å². The minimum Gasteiger partial charge on any atom is -0.397 e. The number of rotatable bonds is 3. The molecule has 0 spiro atoms. The number of nitrogen functional groups attached to an aromatic ring is 1. The number of halogens is 1. The van der Waals surface area contributed by atoms with Crippen molar-refractivity contribution >= 4 is 60.3 Å². The first-order valence-corrected chi connectivity index (χ1v) is 8.28. The number of aromatic nitrogens is 1. The molecule has 0 saturated carbocycles. The number of carbonyl (C=O) groups is 1. The Labute approximate surface area is 131 Å². The van der Waals surface area contributed by atoms with Crippen molar-refractivity contribution in [3.05, 3.63) is 44.1 Å². The highest BCUT2D eigenvalue weighted by molar-refractivity contribution is 9.10. The smallest absolute Gasteiger partial charge is 0.263 e. The summed E-state index contributed by atoms with van der Waals surface area (Å²) in [6.45, 7) is 0.471. The zero-order valence-corrected chi connectivity index (χ0v) is 13.4. The Kier molecular flexibility index (Phi) is 3.73. The number of nitrogens with zero attached hydrogens (tertiary/aromatic N) is 1. The molecule has 3 aromatic rings. The first-order chi connectivity index (χ1) is 9.66. The number of nitrogens with one attached hydrogen (secondary N) is 1. The number of hydrogen-bond donors (Lipinski definition) is 2. The van der Waals surface area contributed by atoms with E-state index in [1.807, 2.05) is 18.2 Å². The summed E-state index contributed by atoms with van der Waals surface area (Å²) < 4.78 is 1.91. The second-order valence-corrected chi connectivity index (χ2v) is 6.99. The SMILES string of the molecule is Nc1c(C(=O)NCc2cncs2)sc2cccc(Br)c12. The van der Waals surface area contributed by atoms with Gasteiger partial charge in [0.15, 0.2) is 0 Å². The van der Waals surface area contributed by atoms with Crippen molar-refractivity contribution < 1.29 is 4.79 Å². The van der Waals surface area contributed by atoms with E-state index in [4.69, 9.17) is 5.73 Å². The molecular formula is C13H10BrN3OS2. The van der Waals surface area contributed by atoms with Crippen LogP contribution in [-0.2, 0) is 6.54 Å². The summed E-state index contributed by atoms with van der Waals surface area (Å²) in [4.78, 5) is 17.8. The van der Waals surface area contributed by atoms with Crippen LogP contribution in [0.15, 0.2) is 34.4 Å². The number of carbonyl (C=O) groups excluding carboxylic acids is 1. The van der Waals surface area contributed by atoms with Crippen LogP contribution in [-0.4, -0.2) is 10.9 Å². The zero-order chi connectivity index (χ0) is 14.1. The van der Waals surface area contributed by atoms with E-state index in [1.165, 1.54) is 22.7 Å². The third kappa shape index (κ3) is 2.44. The average molecular weight is 368 g/mol. The summed E-state index contributed by atoms with van der Waals surface area (Å²) in [5.74, 6) is -0.149. The Morgan fingerprint density at radius 1 is 1.45 bits per heavy atom. The molecule has 0 bridgehead atoms. The molecule has 2 heterocycles. The van der Waals surface area contributed by atoms with Crippen LogP contribution in [0.25, 0.3) is 10.1 Å². The molecule has 7 heteroatoms. The zero-order valence-electron chi connectivity index (χ0n) is 10.2. The van der Waals surface area contributed by atoms with Gasteiger partial charge in [0.1, 0.15) is 4.88 Å². The Balaban J connectivity index is 1.88. The standard InChI is InChI=1S/C13H10BrN3OS2/c14-8-2-1-3-9-10(8)11(15)12(20-9)13(18)17-5-7-4-16-6-19-7/h1-4,6H,5,15H2,(H,17,18). The molecule has 1 aromatic carbocycles. The molecule has 2 aromatic heterocycles. The highest BCUT2D eigenvalue weighted by Crippen LogP contribution is 2.38. The Morgan fingerprint density at radius 2 is 2.30 bits per heavy atom. The molecular weight excluding hydrogens is 358 g/mol. The van der Waals surface area contributed by atoms with Crippen molar-refractivity contribution in [2.24, 2.45) is 0 Å². The maximum Gasteiger partial charge on any atom is 0.263 e. The highest BCUT2D eigenvalue weighted by Gasteiger charge is 2.17. The van der Waals surface area contributed by atoms with Crippen molar-refractivity contribution in [3.63, 3.8) is 0 Å². The number of amides is 1. The van der Waals surface area contributed by atoms with Crippen LogP contribution in [0.3, 0.4) is 0 Å². The van der Waals surface area contributed by atoms with E-state index in [-0.39, 0.29) is 5.91 Å². The van der Waals surface area contributed by atoms with Gasteiger partial charge in [-0.2, -0.15) is 0 Å². The summed E-state index contributed by atoms with van der Waals surface area (Å²) in [5, 5.41) is 3.77. The fourth-order valence-corrected chi connectivity index (χ4v) is 4.19. The fourth-order valence-electron chi connectivity index (χ4n) is 1.88. The van der Waals surface area contributed by atoms with Crippen LogP contribution < -0.4 is 11.1 Å². The second kappa shape index (κ2) is 5.51. The summed E-state index contributed by atoms with van der Waals surface area (Å²) in [7, 11) is 0. The monoisotopic (exact) mass is 367 g/mol. The van der Waals surface area contributed by atoms with Gasteiger partial charge in [-0.05, 0) is 12.1 Å². The molecule has 0 radical (unpaired) electrons. The van der Waals surface area contributed by atoms with Gasteiger partial charge in [0.05, 0.1) is 17.7 Å². The number of thiophene rings is 1. The molecule has 20 heavy (non-hydrogen) atoms. The molecule has 0 aliphatic heterocycles. The summed E-state index contributed by atoms with van der Waals surface area (Å²) >= 11 is 6.38. The van der Waals surface area contributed by atoms with Gasteiger partial charge < -0.3 is 11.1 Å². The average Bonchev–Trinajstić information content (AvgIpc) is 3.05. The topological polar surface area (TPSA) is 68.0 Å². The fraction of sp³-hybridized carbons (Fsp3) is 0.0769. The van der Waals surface area contributed by atoms with E-state index in [1.54, 1.807) is 11.7 Å². The Morgan fingerprint density at radius 3 is 3.00 bits per heavy atom. The Bertz CT molecular complexity index is 767. The van der Waals surface area contributed by atoms with Crippen LogP contribution in [0.4, 0.5) is 5.69 Å². The molecule has 0 aliphatic carbocycles. The van der Waals surface area contributed by atoms with E-state index >= 15 is 0 Å². The lowest BCUT2D eigenvalue weighted by molar-refractivity contribution is 0.0956. The molecule has 1 amide bonds. The minimum atomic E-state index is -0.149. The number of fused-ring (bicyclic) bond motifs is 1. The quantitative estimate of drug-likeness (QED) is 0.742. The van der Waals surface area contributed by atoms with E-state index in [2.05, 4.69) is 26.2 Å². The van der Waals surface area contributed by atoms with Gasteiger partial charge in [0.25, 0.3) is 5.91 Å². The second-order valence-electron chi connectivity index (χ2n) is 4.11. The van der Waals surface area contributed by atoms with Crippen LogP contribution >= 0.6 is 38.6 Å². The lowest BCUT2D eigenvalue weighted by atomic mass is 10.2. The molecule has 3 N–H and O–H groups in total. The molecule has 4 nitrogen and oxygen atoms in total. The van der Waals surface area contributed by atoms with Gasteiger partial charge in [-0.3, -0.25) is 9.78 Å².